The summed E-state index contributed by atoms with van der Waals surface area (Å²) in [6.07, 6.45) is 2.09. The molecule has 0 fully saturated rings. The van der Waals surface area contributed by atoms with E-state index in [0.717, 1.165) is 11.3 Å². The Balaban J connectivity index is 2.78. The van der Waals surface area contributed by atoms with E-state index in [-0.39, 0.29) is 0 Å². The molecular formula is C10H13NS. The number of thioether (sulfide) groups is 1. The van der Waals surface area contributed by atoms with Gasteiger partial charge in [0.2, 0.25) is 0 Å². The molecule has 0 heterocycles. The van der Waals surface area contributed by atoms with Gasteiger partial charge in [0, 0.05) is 11.5 Å². The Labute approximate surface area is 77.7 Å². The quantitative estimate of drug-likeness (QED) is 0.709. The molecule has 0 unspecified atom stereocenters. The van der Waals surface area contributed by atoms with Crippen molar-refractivity contribution in [2.24, 2.45) is 0 Å². The Morgan fingerprint density at radius 1 is 1.33 bits per heavy atom. The molecule has 0 saturated carbocycles. The van der Waals surface area contributed by atoms with Crippen molar-refractivity contribution in [3.05, 3.63) is 35.4 Å². The first-order valence-electron chi connectivity index (χ1n) is 3.87. The second kappa shape index (κ2) is 4.31. The summed E-state index contributed by atoms with van der Waals surface area (Å²) in [4.78, 5) is 0. The van der Waals surface area contributed by atoms with Crippen LogP contribution < -0.4 is 0 Å². The summed E-state index contributed by atoms with van der Waals surface area (Å²) in [5.74, 6) is 1.05. The van der Waals surface area contributed by atoms with E-state index in [1.165, 1.54) is 5.56 Å². The van der Waals surface area contributed by atoms with Gasteiger partial charge in [0.05, 0.1) is 0 Å². The normalized spacial score (nSPS) is 9.83. The highest BCUT2D eigenvalue weighted by molar-refractivity contribution is 7.97. The van der Waals surface area contributed by atoms with Gasteiger partial charge < -0.3 is 5.41 Å². The van der Waals surface area contributed by atoms with Crippen molar-refractivity contribution in [3.8, 4) is 0 Å². The molecule has 0 aliphatic rings. The average molecular weight is 179 g/mol. The summed E-state index contributed by atoms with van der Waals surface area (Å²) in [7, 11) is 0. The van der Waals surface area contributed by atoms with E-state index in [1.807, 2.05) is 30.8 Å². The van der Waals surface area contributed by atoms with Crippen molar-refractivity contribution >= 4 is 17.5 Å². The molecule has 0 spiro atoms. The molecule has 64 valence electrons. The van der Waals surface area contributed by atoms with Crippen LogP contribution in [-0.2, 0) is 5.75 Å². The third-order valence-electron chi connectivity index (χ3n) is 1.70. The number of hydrogen-bond donors (Lipinski definition) is 1. The fraction of sp³-hybridized carbons (Fsp3) is 0.300. The predicted octanol–water partition coefficient (Wildman–Crippen LogP) is 2.94. The van der Waals surface area contributed by atoms with Crippen LogP contribution in [0.25, 0.3) is 0 Å². The zero-order valence-corrected chi connectivity index (χ0v) is 8.24. The lowest BCUT2D eigenvalue weighted by Crippen LogP contribution is -1.91. The molecule has 1 aromatic rings. The Morgan fingerprint density at radius 2 is 1.92 bits per heavy atom. The van der Waals surface area contributed by atoms with Crippen LogP contribution in [0.5, 0.6) is 0 Å². The van der Waals surface area contributed by atoms with E-state index in [0.29, 0.717) is 5.71 Å². The molecule has 1 rings (SSSR count). The van der Waals surface area contributed by atoms with Crippen molar-refractivity contribution in [1.82, 2.24) is 0 Å². The molecule has 0 aliphatic heterocycles. The van der Waals surface area contributed by atoms with Crippen molar-refractivity contribution in [2.45, 2.75) is 12.7 Å². The van der Waals surface area contributed by atoms with Gasteiger partial charge in [-0.15, -0.1) is 0 Å². The first kappa shape index (κ1) is 9.33. The van der Waals surface area contributed by atoms with Crippen LogP contribution in [0.1, 0.15) is 18.1 Å². The van der Waals surface area contributed by atoms with Crippen molar-refractivity contribution in [1.29, 1.82) is 5.41 Å². The predicted molar refractivity (Wildman–Crippen MR) is 56.2 cm³/mol. The van der Waals surface area contributed by atoms with Crippen molar-refractivity contribution in [2.75, 3.05) is 6.26 Å². The van der Waals surface area contributed by atoms with Crippen molar-refractivity contribution in [3.63, 3.8) is 0 Å². The Kier molecular flexibility index (Phi) is 3.35. The molecular weight excluding hydrogens is 166 g/mol. The fourth-order valence-electron chi connectivity index (χ4n) is 1.02. The van der Waals surface area contributed by atoms with Gasteiger partial charge in [0.1, 0.15) is 0 Å². The summed E-state index contributed by atoms with van der Waals surface area (Å²) < 4.78 is 0. The molecule has 0 amide bonds. The van der Waals surface area contributed by atoms with Crippen LogP contribution in [0.15, 0.2) is 24.3 Å². The fourth-order valence-corrected chi connectivity index (χ4v) is 1.54. The van der Waals surface area contributed by atoms with Crippen LogP contribution in [0.3, 0.4) is 0 Å². The van der Waals surface area contributed by atoms with E-state index in [4.69, 9.17) is 5.41 Å². The van der Waals surface area contributed by atoms with Gasteiger partial charge in [-0.2, -0.15) is 11.8 Å². The molecule has 2 heteroatoms. The second-order valence-corrected chi connectivity index (χ2v) is 3.62. The van der Waals surface area contributed by atoms with E-state index < -0.39 is 0 Å². The molecule has 0 aliphatic carbocycles. The molecule has 1 nitrogen and oxygen atoms in total. The first-order chi connectivity index (χ1) is 5.74. The largest absolute Gasteiger partial charge is 0.305 e. The summed E-state index contributed by atoms with van der Waals surface area (Å²) in [5.41, 5.74) is 2.97. The minimum atomic E-state index is 0.630. The molecule has 0 aromatic heterocycles. The maximum Gasteiger partial charge on any atom is 0.0355 e. The van der Waals surface area contributed by atoms with E-state index in [1.54, 1.807) is 0 Å². The van der Waals surface area contributed by atoms with Crippen LogP contribution in [0.4, 0.5) is 0 Å². The number of benzene rings is 1. The van der Waals surface area contributed by atoms with Crippen LogP contribution in [-0.4, -0.2) is 12.0 Å². The van der Waals surface area contributed by atoms with Gasteiger partial charge in [-0.1, -0.05) is 24.3 Å². The van der Waals surface area contributed by atoms with Gasteiger partial charge in [-0.3, -0.25) is 0 Å². The summed E-state index contributed by atoms with van der Waals surface area (Å²) in [5, 5.41) is 7.40. The van der Waals surface area contributed by atoms with Gasteiger partial charge in [0.15, 0.2) is 0 Å². The third-order valence-corrected chi connectivity index (χ3v) is 2.32. The molecule has 12 heavy (non-hydrogen) atoms. The smallest absolute Gasteiger partial charge is 0.0355 e. The van der Waals surface area contributed by atoms with Crippen LogP contribution in [0.2, 0.25) is 0 Å². The van der Waals surface area contributed by atoms with Crippen LogP contribution >= 0.6 is 11.8 Å². The zero-order valence-electron chi connectivity index (χ0n) is 7.42. The SMILES string of the molecule is CSCc1ccc(C(C)=N)cc1. The highest BCUT2D eigenvalue weighted by Gasteiger charge is 1.94. The lowest BCUT2D eigenvalue weighted by Gasteiger charge is -2.00. The molecule has 0 radical (unpaired) electrons. The highest BCUT2D eigenvalue weighted by atomic mass is 32.2. The topological polar surface area (TPSA) is 23.9 Å². The minimum absolute atomic E-state index is 0.630. The molecule has 0 atom stereocenters. The summed E-state index contributed by atoms with van der Waals surface area (Å²) in [6.45, 7) is 1.81. The number of rotatable bonds is 3. The Bertz CT molecular complexity index is 264. The van der Waals surface area contributed by atoms with E-state index in [9.17, 15) is 0 Å². The molecule has 0 bridgehead atoms. The van der Waals surface area contributed by atoms with E-state index >= 15 is 0 Å². The monoisotopic (exact) mass is 179 g/mol. The van der Waals surface area contributed by atoms with Gasteiger partial charge >= 0.3 is 0 Å². The maximum atomic E-state index is 7.40. The number of hydrogen-bond acceptors (Lipinski definition) is 2. The average Bonchev–Trinajstić information content (AvgIpc) is 2.06. The first-order valence-corrected chi connectivity index (χ1v) is 5.27. The lowest BCUT2D eigenvalue weighted by atomic mass is 10.1. The zero-order chi connectivity index (χ0) is 8.97. The minimum Gasteiger partial charge on any atom is -0.305 e. The summed E-state index contributed by atoms with van der Waals surface area (Å²) in [6, 6.07) is 8.19. The van der Waals surface area contributed by atoms with Crippen LogP contribution in [0, 0.1) is 5.41 Å². The standard InChI is InChI=1S/C10H13NS/c1-8(11)10-5-3-9(4-6-10)7-12-2/h3-6,11H,7H2,1-2H3. The Hall–Kier alpha value is -0.760. The third kappa shape index (κ3) is 2.38. The highest BCUT2D eigenvalue weighted by Crippen LogP contribution is 2.10. The van der Waals surface area contributed by atoms with E-state index in [2.05, 4.69) is 18.4 Å². The second-order valence-electron chi connectivity index (χ2n) is 2.75. The maximum absolute atomic E-state index is 7.40. The summed E-state index contributed by atoms with van der Waals surface area (Å²) >= 11 is 1.82. The molecule has 0 saturated heterocycles. The number of nitrogens with one attached hydrogen (secondary N) is 1. The molecule has 1 N–H and O–H groups in total. The Morgan fingerprint density at radius 3 is 2.33 bits per heavy atom. The molecule has 1 aromatic carbocycles. The lowest BCUT2D eigenvalue weighted by molar-refractivity contribution is 1.39. The van der Waals surface area contributed by atoms with Gasteiger partial charge in [-0.25, -0.2) is 0 Å². The van der Waals surface area contributed by atoms with Gasteiger partial charge in [0.25, 0.3) is 0 Å². The van der Waals surface area contributed by atoms with Crippen molar-refractivity contribution < 1.29 is 0 Å². The van der Waals surface area contributed by atoms with Gasteiger partial charge in [-0.05, 0) is 24.3 Å².